The van der Waals surface area contributed by atoms with Crippen LogP contribution in [0.15, 0.2) is 21.3 Å². The minimum atomic E-state index is -0.596. The maximum Gasteiger partial charge on any atom is 0.340 e. The highest BCUT2D eigenvalue weighted by atomic mass is 16.5. The fraction of sp³-hybridized carbons (Fsp3) is 0.538. The molecule has 5 heteroatoms. The number of ether oxygens (including phenoxy) is 1. The van der Waals surface area contributed by atoms with Gasteiger partial charge < -0.3 is 14.3 Å². The smallest absolute Gasteiger partial charge is 0.340 e. The molecular weight excluding hydrogens is 236 g/mol. The number of aliphatic hydroxyl groups is 1. The highest BCUT2D eigenvalue weighted by Gasteiger charge is 2.11. The first-order valence-electron chi connectivity index (χ1n) is 5.93. The lowest BCUT2D eigenvalue weighted by Gasteiger charge is -2.04. The molecule has 0 aliphatic carbocycles. The molecule has 0 saturated heterocycles. The Morgan fingerprint density at radius 1 is 1.44 bits per heavy atom. The van der Waals surface area contributed by atoms with E-state index in [4.69, 9.17) is 14.3 Å². The lowest BCUT2D eigenvalue weighted by atomic mass is 10.1. The Kier molecular flexibility index (Phi) is 5.58. The third-order valence-corrected chi connectivity index (χ3v) is 2.53. The van der Waals surface area contributed by atoms with Gasteiger partial charge in [0.05, 0.1) is 19.3 Å². The lowest BCUT2D eigenvalue weighted by Crippen LogP contribution is -2.07. The normalized spacial score (nSPS) is 12.2. The van der Waals surface area contributed by atoms with Gasteiger partial charge in [0.25, 0.3) is 0 Å². The van der Waals surface area contributed by atoms with Gasteiger partial charge in [-0.3, -0.25) is 4.79 Å². The van der Waals surface area contributed by atoms with E-state index in [9.17, 15) is 9.59 Å². The molecule has 18 heavy (non-hydrogen) atoms. The van der Waals surface area contributed by atoms with E-state index in [0.29, 0.717) is 25.0 Å². The molecule has 0 spiro atoms. The summed E-state index contributed by atoms with van der Waals surface area (Å²) in [6.07, 6.45) is 2.02. The number of rotatable bonds is 7. The zero-order chi connectivity index (χ0) is 13.5. The van der Waals surface area contributed by atoms with E-state index < -0.39 is 5.63 Å². The topological polar surface area (TPSA) is 76.7 Å². The van der Waals surface area contributed by atoms with E-state index in [1.165, 1.54) is 19.2 Å². The van der Waals surface area contributed by atoms with Gasteiger partial charge in [-0.15, -0.1) is 0 Å². The summed E-state index contributed by atoms with van der Waals surface area (Å²) < 4.78 is 9.72. The Bertz CT molecular complexity index is 447. The molecule has 5 nitrogen and oxygen atoms in total. The van der Waals surface area contributed by atoms with Crippen LogP contribution < -0.4 is 10.4 Å². The summed E-state index contributed by atoms with van der Waals surface area (Å²) >= 11 is 0. The van der Waals surface area contributed by atoms with Crippen molar-refractivity contribution in [3.8, 4) is 5.75 Å². The quantitative estimate of drug-likeness (QED) is 0.592. The number of aliphatic hydroxyl groups excluding tert-OH is 1. The van der Waals surface area contributed by atoms with E-state index in [2.05, 4.69) is 0 Å². The summed E-state index contributed by atoms with van der Waals surface area (Å²) in [5.74, 6) is 0.117. The zero-order valence-corrected chi connectivity index (χ0v) is 10.6. The van der Waals surface area contributed by atoms with Gasteiger partial charge in [-0.25, -0.2) is 4.79 Å². The fourth-order valence-corrected chi connectivity index (χ4v) is 1.56. The van der Waals surface area contributed by atoms with E-state index in [-0.39, 0.29) is 17.6 Å². The summed E-state index contributed by atoms with van der Waals surface area (Å²) in [7, 11) is 1.42. The van der Waals surface area contributed by atoms with Crippen LogP contribution in [0.25, 0.3) is 0 Å². The molecule has 0 fully saturated rings. The van der Waals surface area contributed by atoms with Crippen LogP contribution in [0.2, 0.25) is 0 Å². The SMILES string of the molecule is COc1cc(C(=O)CCCCC(C)O)oc(=O)c1. The first kappa shape index (κ1) is 14.4. The molecule has 0 radical (unpaired) electrons. The Hall–Kier alpha value is -1.62. The molecule has 0 aliphatic heterocycles. The average Bonchev–Trinajstić information content (AvgIpc) is 2.33. The molecule has 1 heterocycles. The number of hydrogen-bond donors (Lipinski definition) is 1. The molecule has 1 aromatic rings. The predicted molar refractivity (Wildman–Crippen MR) is 66.0 cm³/mol. The highest BCUT2D eigenvalue weighted by molar-refractivity contribution is 5.93. The maximum atomic E-state index is 11.8. The molecule has 1 N–H and O–H groups in total. The van der Waals surface area contributed by atoms with Crippen molar-refractivity contribution < 1.29 is 19.1 Å². The molecule has 1 atom stereocenters. The maximum absolute atomic E-state index is 11.8. The second-order valence-electron chi connectivity index (χ2n) is 4.20. The Labute approximate surface area is 105 Å². The number of ketones is 1. The van der Waals surface area contributed by atoms with Crippen LogP contribution in [0, 0.1) is 0 Å². The van der Waals surface area contributed by atoms with Gasteiger partial charge in [0.15, 0.2) is 11.5 Å². The van der Waals surface area contributed by atoms with Gasteiger partial charge in [0.2, 0.25) is 0 Å². The molecule has 0 aromatic carbocycles. The van der Waals surface area contributed by atoms with Crippen molar-refractivity contribution in [2.45, 2.75) is 38.7 Å². The monoisotopic (exact) mass is 254 g/mol. The van der Waals surface area contributed by atoms with Gasteiger partial charge in [0.1, 0.15) is 5.75 Å². The van der Waals surface area contributed by atoms with Gasteiger partial charge in [-0.05, 0) is 19.8 Å². The van der Waals surface area contributed by atoms with E-state index >= 15 is 0 Å². The first-order chi connectivity index (χ1) is 8.52. The van der Waals surface area contributed by atoms with Crippen molar-refractivity contribution in [3.05, 3.63) is 28.3 Å². The minimum absolute atomic E-state index is 0.0244. The van der Waals surface area contributed by atoms with E-state index in [1.807, 2.05) is 0 Å². The van der Waals surface area contributed by atoms with Crippen molar-refractivity contribution in [3.63, 3.8) is 0 Å². The van der Waals surface area contributed by atoms with Gasteiger partial charge in [-0.1, -0.05) is 6.42 Å². The number of carbonyl (C=O) groups excluding carboxylic acids is 1. The Morgan fingerprint density at radius 3 is 2.78 bits per heavy atom. The van der Waals surface area contributed by atoms with Crippen molar-refractivity contribution >= 4 is 5.78 Å². The van der Waals surface area contributed by atoms with Crippen LogP contribution in [-0.2, 0) is 0 Å². The van der Waals surface area contributed by atoms with Crippen LogP contribution in [-0.4, -0.2) is 24.1 Å². The van der Waals surface area contributed by atoms with Crippen molar-refractivity contribution in [1.29, 1.82) is 0 Å². The predicted octanol–water partition coefficient (Wildman–Crippen LogP) is 1.77. The molecule has 1 unspecified atom stereocenters. The van der Waals surface area contributed by atoms with Crippen molar-refractivity contribution in [2.24, 2.45) is 0 Å². The van der Waals surface area contributed by atoms with E-state index in [1.54, 1.807) is 6.92 Å². The molecule has 0 amide bonds. The molecule has 0 bridgehead atoms. The van der Waals surface area contributed by atoms with E-state index in [0.717, 1.165) is 6.42 Å². The standard InChI is InChI=1S/C13H18O5/c1-9(14)5-3-4-6-11(15)12-7-10(17-2)8-13(16)18-12/h7-9,14H,3-6H2,1-2H3. The third-order valence-electron chi connectivity index (χ3n) is 2.53. The van der Waals surface area contributed by atoms with Crippen LogP contribution >= 0.6 is 0 Å². The second kappa shape index (κ2) is 6.96. The summed E-state index contributed by atoms with van der Waals surface area (Å²) in [6, 6.07) is 2.60. The van der Waals surface area contributed by atoms with Gasteiger partial charge in [0, 0.05) is 12.5 Å². The average molecular weight is 254 g/mol. The number of carbonyl (C=O) groups is 1. The summed E-state index contributed by atoms with van der Waals surface area (Å²) in [4.78, 5) is 22.9. The lowest BCUT2D eigenvalue weighted by molar-refractivity contribution is 0.0943. The second-order valence-corrected chi connectivity index (χ2v) is 4.20. The van der Waals surface area contributed by atoms with Crippen LogP contribution in [0.3, 0.4) is 0 Å². The molecular formula is C13H18O5. The van der Waals surface area contributed by atoms with Crippen LogP contribution in [0.5, 0.6) is 5.75 Å². The van der Waals surface area contributed by atoms with Crippen LogP contribution in [0.4, 0.5) is 0 Å². The first-order valence-corrected chi connectivity index (χ1v) is 5.93. The highest BCUT2D eigenvalue weighted by Crippen LogP contribution is 2.13. The largest absolute Gasteiger partial charge is 0.496 e. The molecule has 1 rings (SSSR count). The summed E-state index contributed by atoms with van der Waals surface area (Å²) in [5.41, 5.74) is -0.596. The Morgan fingerprint density at radius 2 is 2.17 bits per heavy atom. The minimum Gasteiger partial charge on any atom is -0.496 e. The molecule has 1 aromatic heterocycles. The summed E-state index contributed by atoms with van der Waals surface area (Å²) in [6.45, 7) is 1.71. The number of methoxy groups -OCH3 is 1. The zero-order valence-electron chi connectivity index (χ0n) is 10.6. The summed E-state index contributed by atoms with van der Waals surface area (Å²) in [5, 5.41) is 9.08. The third kappa shape index (κ3) is 4.71. The van der Waals surface area contributed by atoms with Crippen molar-refractivity contribution in [1.82, 2.24) is 0 Å². The molecule has 100 valence electrons. The molecule has 0 aliphatic rings. The number of hydrogen-bond acceptors (Lipinski definition) is 5. The Balaban J connectivity index is 2.56. The number of Topliss-reactive ketones (excluding diaryl/α,β-unsaturated/α-hetero) is 1. The molecule has 0 saturated carbocycles. The van der Waals surface area contributed by atoms with Gasteiger partial charge in [-0.2, -0.15) is 0 Å². The number of unbranched alkanes of at least 4 members (excludes halogenated alkanes) is 1. The van der Waals surface area contributed by atoms with Crippen LogP contribution in [0.1, 0.15) is 43.2 Å². The fourth-order valence-electron chi connectivity index (χ4n) is 1.56. The van der Waals surface area contributed by atoms with Crippen molar-refractivity contribution in [2.75, 3.05) is 7.11 Å². The van der Waals surface area contributed by atoms with Gasteiger partial charge >= 0.3 is 5.63 Å².